The molecule has 1 heterocycles. The number of thiophene rings is 1. The van der Waals surface area contributed by atoms with Crippen LogP contribution in [0.1, 0.15) is 52.8 Å². The van der Waals surface area contributed by atoms with E-state index in [4.69, 9.17) is 14.2 Å². The number of benzene rings is 1. The van der Waals surface area contributed by atoms with Crippen LogP contribution in [0.4, 0.5) is 5.00 Å². The molecule has 0 aliphatic heterocycles. The Labute approximate surface area is 184 Å². The maximum absolute atomic E-state index is 12.1. The summed E-state index contributed by atoms with van der Waals surface area (Å²) in [6.45, 7) is 4.72. The second-order valence-corrected chi connectivity index (χ2v) is 7.46. The van der Waals surface area contributed by atoms with Gasteiger partial charge < -0.3 is 19.5 Å². The fourth-order valence-electron chi connectivity index (χ4n) is 2.50. The molecule has 0 radical (unpaired) electrons. The first-order valence-corrected chi connectivity index (χ1v) is 10.7. The predicted octanol–water partition coefficient (Wildman–Crippen LogP) is 3.64. The van der Waals surface area contributed by atoms with Crippen molar-refractivity contribution in [2.24, 2.45) is 0 Å². The van der Waals surface area contributed by atoms with Gasteiger partial charge in [0.05, 0.1) is 12.2 Å². The summed E-state index contributed by atoms with van der Waals surface area (Å²) in [5.74, 6) is -1.41. The minimum Gasteiger partial charge on any atom is -0.482 e. The zero-order valence-corrected chi connectivity index (χ0v) is 18.5. The van der Waals surface area contributed by atoms with E-state index >= 15 is 0 Å². The van der Waals surface area contributed by atoms with Gasteiger partial charge in [-0.1, -0.05) is 13.8 Å². The third kappa shape index (κ3) is 7.21. The van der Waals surface area contributed by atoms with Crippen molar-refractivity contribution in [1.29, 1.82) is 0 Å². The number of esters is 2. The van der Waals surface area contributed by atoms with Crippen LogP contribution in [0.25, 0.3) is 0 Å². The van der Waals surface area contributed by atoms with Crippen molar-refractivity contribution >= 4 is 40.0 Å². The van der Waals surface area contributed by atoms with Gasteiger partial charge in [0, 0.05) is 16.9 Å². The Balaban J connectivity index is 1.83. The minimum atomic E-state index is -0.727. The Morgan fingerprint density at radius 3 is 2.29 bits per heavy atom. The summed E-state index contributed by atoms with van der Waals surface area (Å²) in [5, 5.41) is 2.94. The quantitative estimate of drug-likeness (QED) is 0.414. The molecule has 9 heteroatoms. The van der Waals surface area contributed by atoms with Crippen molar-refractivity contribution < 1.29 is 33.4 Å². The molecule has 1 N–H and O–H groups in total. The van der Waals surface area contributed by atoms with Crippen LogP contribution in [-0.2, 0) is 25.5 Å². The molecule has 2 aromatic rings. The summed E-state index contributed by atoms with van der Waals surface area (Å²) in [6, 6.07) is 8.08. The number of ketones is 1. The number of carbonyl (C=O) groups excluding carboxylic acids is 4. The Bertz CT molecular complexity index is 934. The van der Waals surface area contributed by atoms with Crippen molar-refractivity contribution in [2.75, 3.05) is 25.1 Å². The molecule has 31 heavy (non-hydrogen) atoms. The topological polar surface area (TPSA) is 108 Å². The molecule has 0 saturated heterocycles. The number of nitrogens with one attached hydrogen (secondary N) is 1. The van der Waals surface area contributed by atoms with Crippen LogP contribution in [0.3, 0.4) is 0 Å². The van der Waals surface area contributed by atoms with E-state index in [0.717, 1.165) is 4.88 Å². The summed E-state index contributed by atoms with van der Waals surface area (Å²) in [6.07, 6.45) is 1.11. The highest BCUT2D eigenvalue weighted by Crippen LogP contribution is 2.29. The lowest BCUT2D eigenvalue weighted by Gasteiger charge is -2.08. The van der Waals surface area contributed by atoms with E-state index in [9.17, 15) is 19.2 Å². The normalized spacial score (nSPS) is 10.3. The molecule has 0 aliphatic rings. The van der Waals surface area contributed by atoms with Crippen LogP contribution in [0.2, 0.25) is 0 Å². The number of Topliss-reactive ketones (excluding diaryl/α,β-unsaturated/α-hetero) is 1. The highest BCUT2D eigenvalue weighted by molar-refractivity contribution is 7.16. The van der Waals surface area contributed by atoms with Crippen molar-refractivity contribution in [3.63, 3.8) is 0 Å². The van der Waals surface area contributed by atoms with E-state index in [1.54, 1.807) is 44.2 Å². The van der Waals surface area contributed by atoms with E-state index in [1.165, 1.54) is 11.3 Å². The molecule has 0 aliphatic carbocycles. The molecule has 0 bridgehead atoms. The molecular formula is C22H25NO7S. The Morgan fingerprint density at radius 2 is 1.68 bits per heavy atom. The van der Waals surface area contributed by atoms with Crippen LogP contribution >= 0.6 is 11.3 Å². The molecule has 8 nitrogen and oxygen atoms in total. The highest BCUT2D eigenvalue weighted by Gasteiger charge is 2.19. The molecule has 1 amide bonds. The van der Waals surface area contributed by atoms with Gasteiger partial charge in [-0.25, -0.2) is 9.59 Å². The fourth-order valence-corrected chi connectivity index (χ4v) is 3.50. The molecule has 0 fully saturated rings. The van der Waals surface area contributed by atoms with Gasteiger partial charge in [0.1, 0.15) is 10.8 Å². The fraction of sp³-hybridized carbons (Fsp3) is 0.364. The van der Waals surface area contributed by atoms with E-state index in [1.807, 2.05) is 6.92 Å². The lowest BCUT2D eigenvalue weighted by atomic mass is 10.1. The van der Waals surface area contributed by atoms with Crippen LogP contribution in [0, 0.1) is 0 Å². The van der Waals surface area contributed by atoms with Gasteiger partial charge in [0.2, 0.25) is 0 Å². The monoisotopic (exact) mass is 447 g/mol. The third-order valence-corrected chi connectivity index (χ3v) is 5.29. The number of anilines is 1. The zero-order chi connectivity index (χ0) is 22.8. The number of aryl methyl sites for hydroxylation is 1. The van der Waals surface area contributed by atoms with Crippen molar-refractivity contribution in [2.45, 2.75) is 33.6 Å². The van der Waals surface area contributed by atoms with Crippen LogP contribution in [0.5, 0.6) is 5.75 Å². The molecule has 0 atom stereocenters. The lowest BCUT2D eigenvalue weighted by molar-refractivity contribution is -0.149. The maximum atomic E-state index is 12.1. The van der Waals surface area contributed by atoms with Crippen molar-refractivity contribution in [3.05, 3.63) is 46.3 Å². The van der Waals surface area contributed by atoms with E-state index < -0.39 is 24.5 Å². The average Bonchev–Trinajstić information content (AvgIpc) is 3.19. The predicted molar refractivity (Wildman–Crippen MR) is 116 cm³/mol. The van der Waals surface area contributed by atoms with Crippen molar-refractivity contribution in [3.8, 4) is 5.75 Å². The van der Waals surface area contributed by atoms with Gasteiger partial charge in [-0.15, -0.1) is 11.3 Å². The molecule has 1 aromatic heterocycles. The van der Waals surface area contributed by atoms with E-state index in [2.05, 4.69) is 5.32 Å². The lowest BCUT2D eigenvalue weighted by Crippen LogP contribution is -2.24. The smallest absolute Gasteiger partial charge is 0.344 e. The SMILES string of the molecule is CCOC(=O)c1cc(CC)sc1NC(=O)COC(=O)COc1ccc(C(=O)CC)cc1. The first-order chi connectivity index (χ1) is 14.9. The van der Waals surface area contributed by atoms with Gasteiger partial charge in [0.25, 0.3) is 5.91 Å². The maximum Gasteiger partial charge on any atom is 0.344 e. The van der Waals surface area contributed by atoms with E-state index in [-0.39, 0.29) is 24.6 Å². The summed E-state index contributed by atoms with van der Waals surface area (Å²) < 4.78 is 15.2. The molecule has 166 valence electrons. The number of hydrogen-bond acceptors (Lipinski definition) is 8. The molecule has 0 spiro atoms. The van der Waals surface area contributed by atoms with Crippen molar-refractivity contribution in [1.82, 2.24) is 0 Å². The largest absolute Gasteiger partial charge is 0.482 e. The number of hydrogen-bond donors (Lipinski definition) is 1. The molecule has 0 saturated carbocycles. The zero-order valence-electron chi connectivity index (χ0n) is 17.7. The minimum absolute atomic E-state index is 0.0138. The Morgan fingerprint density at radius 1 is 0.968 bits per heavy atom. The second-order valence-electron chi connectivity index (χ2n) is 6.33. The van der Waals surface area contributed by atoms with Gasteiger partial charge in [-0.05, 0) is 43.7 Å². The molecule has 0 unspecified atom stereocenters. The number of carbonyl (C=O) groups is 4. The number of ether oxygens (including phenoxy) is 3. The van der Waals surface area contributed by atoms with Crippen LogP contribution in [-0.4, -0.2) is 43.4 Å². The Kier molecular flexibility index (Phi) is 9.20. The standard InChI is InChI=1S/C22H25NO7S/c1-4-16-11-17(22(27)28-6-3)21(31-16)23-19(25)12-30-20(26)13-29-15-9-7-14(8-10-15)18(24)5-2/h7-11H,4-6,12-13H2,1-3H3,(H,23,25). The summed E-state index contributed by atoms with van der Waals surface area (Å²) in [4.78, 5) is 48.6. The summed E-state index contributed by atoms with van der Waals surface area (Å²) >= 11 is 1.27. The van der Waals surface area contributed by atoms with Crippen LogP contribution < -0.4 is 10.1 Å². The van der Waals surface area contributed by atoms with Gasteiger partial charge in [0.15, 0.2) is 19.0 Å². The van der Waals surface area contributed by atoms with Gasteiger partial charge in [-0.2, -0.15) is 0 Å². The molecule has 2 rings (SSSR count). The summed E-state index contributed by atoms with van der Waals surface area (Å²) in [7, 11) is 0. The molecule has 1 aromatic carbocycles. The summed E-state index contributed by atoms with van der Waals surface area (Å²) in [5.41, 5.74) is 0.841. The van der Waals surface area contributed by atoms with Gasteiger partial charge >= 0.3 is 11.9 Å². The first-order valence-electron chi connectivity index (χ1n) is 9.89. The third-order valence-electron chi connectivity index (χ3n) is 4.10. The average molecular weight is 448 g/mol. The van der Waals surface area contributed by atoms with Crippen LogP contribution in [0.15, 0.2) is 30.3 Å². The highest BCUT2D eigenvalue weighted by atomic mass is 32.1. The molecular weight excluding hydrogens is 422 g/mol. The number of amides is 1. The second kappa shape index (κ2) is 11.8. The van der Waals surface area contributed by atoms with E-state index in [0.29, 0.717) is 29.2 Å². The van der Waals surface area contributed by atoms with Gasteiger partial charge in [-0.3, -0.25) is 9.59 Å². The Hall–Kier alpha value is -3.20. The first kappa shape index (κ1) is 24.1. The number of rotatable bonds is 11.